The normalized spacial score (nSPS) is 10.3. The van der Waals surface area contributed by atoms with E-state index in [0.29, 0.717) is 5.56 Å². The highest BCUT2D eigenvalue weighted by Crippen LogP contribution is 2.30. The van der Waals surface area contributed by atoms with Gasteiger partial charge in [0.2, 0.25) is 0 Å². The first kappa shape index (κ1) is 20.5. The number of aryl methyl sites for hydroxylation is 1. The topological polar surface area (TPSA) is 101 Å². The Morgan fingerprint density at radius 2 is 1.50 bits per heavy atom. The lowest BCUT2D eigenvalue weighted by Crippen LogP contribution is -2.16. The maximum Gasteiger partial charge on any atom is 0.343 e. The standard InChI is InChI=1S/C24H18O6/c1-14-11-12-19(22(25)26)21(20(14)23(27)28)30-24(29)15(2)17-9-6-10-18(13-17)16-7-4-3-5-8-16/h3-13H,2H2,1H3,(H,25,26)(H,27,28). The van der Waals surface area contributed by atoms with E-state index in [9.17, 15) is 24.6 Å². The number of carbonyl (C=O) groups is 3. The van der Waals surface area contributed by atoms with Crippen molar-refractivity contribution in [3.63, 3.8) is 0 Å². The summed E-state index contributed by atoms with van der Waals surface area (Å²) in [5.74, 6) is -4.25. The number of benzene rings is 3. The first-order valence-corrected chi connectivity index (χ1v) is 8.96. The summed E-state index contributed by atoms with van der Waals surface area (Å²) in [6, 6.07) is 19.1. The molecule has 0 aromatic heterocycles. The minimum atomic E-state index is -1.41. The van der Waals surface area contributed by atoms with Gasteiger partial charge in [-0.2, -0.15) is 0 Å². The highest BCUT2D eigenvalue weighted by Gasteiger charge is 2.25. The number of aromatic carboxylic acids is 2. The molecular formula is C24H18O6. The summed E-state index contributed by atoms with van der Waals surface area (Å²) >= 11 is 0. The third-order valence-electron chi connectivity index (χ3n) is 4.57. The Morgan fingerprint density at radius 1 is 0.833 bits per heavy atom. The maximum absolute atomic E-state index is 12.7. The molecular weight excluding hydrogens is 384 g/mol. The van der Waals surface area contributed by atoms with Crippen LogP contribution in [0.2, 0.25) is 0 Å². The molecule has 0 saturated carbocycles. The van der Waals surface area contributed by atoms with Crippen molar-refractivity contribution in [3.05, 3.63) is 95.6 Å². The second kappa shape index (κ2) is 8.45. The molecule has 3 aromatic carbocycles. The number of carboxylic acid groups (broad SMARTS) is 2. The van der Waals surface area contributed by atoms with E-state index < -0.39 is 29.2 Å². The molecule has 0 saturated heterocycles. The summed E-state index contributed by atoms with van der Waals surface area (Å²) < 4.78 is 5.24. The number of ether oxygens (including phenoxy) is 1. The van der Waals surface area contributed by atoms with Crippen molar-refractivity contribution in [1.29, 1.82) is 0 Å². The van der Waals surface area contributed by atoms with Crippen molar-refractivity contribution in [2.24, 2.45) is 0 Å². The molecule has 0 aliphatic carbocycles. The SMILES string of the molecule is C=C(C(=O)Oc1c(C(=O)O)ccc(C)c1C(=O)O)c1cccc(-c2ccccc2)c1. The minimum absolute atomic E-state index is 0.0260. The van der Waals surface area contributed by atoms with Crippen LogP contribution in [0, 0.1) is 6.92 Å². The van der Waals surface area contributed by atoms with E-state index in [1.54, 1.807) is 18.2 Å². The number of carboxylic acids is 2. The summed E-state index contributed by atoms with van der Waals surface area (Å²) in [4.78, 5) is 35.9. The van der Waals surface area contributed by atoms with E-state index in [4.69, 9.17) is 4.74 Å². The molecule has 3 rings (SSSR count). The molecule has 0 amide bonds. The Morgan fingerprint density at radius 3 is 2.13 bits per heavy atom. The smallest absolute Gasteiger partial charge is 0.343 e. The highest BCUT2D eigenvalue weighted by atomic mass is 16.5. The molecule has 0 aliphatic rings. The average Bonchev–Trinajstić information content (AvgIpc) is 2.73. The summed E-state index contributed by atoms with van der Waals surface area (Å²) in [7, 11) is 0. The zero-order valence-corrected chi connectivity index (χ0v) is 16.1. The van der Waals surface area contributed by atoms with E-state index >= 15 is 0 Å². The fourth-order valence-electron chi connectivity index (χ4n) is 3.01. The molecule has 30 heavy (non-hydrogen) atoms. The van der Waals surface area contributed by atoms with E-state index in [1.807, 2.05) is 36.4 Å². The van der Waals surface area contributed by atoms with Crippen molar-refractivity contribution in [3.8, 4) is 16.9 Å². The fraction of sp³-hybridized carbons (Fsp3) is 0.0417. The Bertz CT molecular complexity index is 1160. The lowest BCUT2D eigenvalue weighted by atomic mass is 9.99. The molecule has 0 aliphatic heterocycles. The van der Waals surface area contributed by atoms with Gasteiger partial charge in [-0.05, 0) is 41.3 Å². The number of rotatable bonds is 6. The number of hydrogen-bond donors (Lipinski definition) is 2. The summed E-state index contributed by atoms with van der Waals surface area (Å²) in [5.41, 5.74) is 1.72. The molecule has 0 atom stereocenters. The van der Waals surface area contributed by atoms with Crippen LogP contribution in [0.25, 0.3) is 16.7 Å². The Kier molecular flexibility index (Phi) is 5.78. The summed E-state index contributed by atoms with van der Waals surface area (Å²) in [6.07, 6.45) is 0. The van der Waals surface area contributed by atoms with Crippen LogP contribution in [0.3, 0.4) is 0 Å². The predicted molar refractivity (Wildman–Crippen MR) is 112 cm³/mol. The van der Waals surface area contributed by atoms with Gasteiger partial charge in [0.25, 0.3) is 0 Å². The van der Waals surface area contributed by atoms with E-state index in [2.05, 4.69) is 6.58 Å². The van der Waals surface area contributed by atoms with Gasteiger partial charge in [-0.3, -0.25) is 0 Å². The van der Waals surface area contributed by atoms with Crippen LogP contribution >= 0.6 is 0 Å². The van der Waals surface area contributed by atoms with Crippen molar-refractivity contribution >= 4 is 23.5 Å². The summed E-state index contributed by atoms with van der Waals surface area (Å²) in [6.45, 7) is 5.25. The molecule has 0 bridgehead atoms. The Hall–Kier alpha value is -4.19. The number of esters is 1. The van der Waals surface area contributed by atoms with Gasteiger partial charge in [0, 0.05) is 0 Å². The largest absolute Gasteiger partial charge is 0.478 e. The summed E-state index contributed by atoms with van der Waals surface area (Å²) in [5, 5.41) is 18.9. The van der Waals surface area contributed by atoms with Crippen LogP contribution < -0.4 is 4.74 Å². The van der Waals surface area contributed by atoms with Gasteiger partial charge >= 0.3 is 17.9 Å². The average molecular weight is 402 g/mol. The number of hydrogen-bond acceptors (Lipinski definition) is 4. The van der Waals surface area contributed by atoms with Crippen LogP contribution in [-0.4, -0.2) is 28.1 Å². The molecule has 0 unspecified atom stereocenters. The molecule has 0 radical (unpaired) electrons. The van der Waals surface area contributed by atoms with Gasteiger partial charge in [0.15, 0.2) is 5.75 Å². The second-order valence-corrected chi connectivity index (χ2v) is 6.56. The molecule has 0 fully saturated rings. The van der Waals surface area contributed by atoms with Crippen LogP contribution in [0.5, 0.6) is 5.75 Å². The van der Waals surface area contributed by atoms with Crippen LogP contribution in [0.1, 0.15) is 31.8 Å². The van der Waals surface area contributed by atoms with E-state index in [-0.39, 0.29) is 16.7 Å². The maximum atomic E-state index is 12.7. The van der Waals surface area contributed by atoms with Crippen molar-refractivity contribution in [2.45, 2.75) is 6.92 Å². The van der Waals surface area contributed by atoms with Gasteiger partial charge < -0.3 is 14.9 Å². The van der Waals surface area contributed by atoms with Gasteiger partial charge in [-0.25, -0.2) is 14.4 Å². The van der Waals surface area contributed by atoms with Crippen molar-refractivity contribution in [2.75, 3.05) is 0 Å². The molecule has 6 heteroatoms. The van der Waals surface area contributed by atoms with Crippen LogP contribution in [0.4, 0.5) is 0 Å². The molecule has 0 spiro atoms. The first-order valence-electron chi connectivity index (χ1n) is 8.96. The zero-order valence-electron chi connectivity index (χ0n) is 16.1. The molecule has 6 nitrogen and oxygen atoms in total. The third-order valence-corrected chi connectivity index (χ3v) is 4.57. The molecule has 0 heterocycles. The van der Waals surface area contributed by atoms with E-state index in [0.717, 1.165) is 11.1 Å². The van der Waals surface area contributed by atoms with Crippen LogP contribution in [-0.2, 0) is 4.79 Å². The fourth-order valence-corrected chi connectivity index (χ4v) is 3.01. The van der Waals surface area contributed by atoms with Crippen LogP contribution in [0.15, 0.2) is 73.3 Å². The first-order chi connectivity index (χ1) is 14.3. The van der Waals surface area contributed by atoms with Gasteiger partial charge in [0.05, 0.1) is 5.57 Å². The minimum Gasteiger partial charge on any atom is -0.478 e. The van der Waals surface area contributed by atoms with Gasteiger partial charge in [0.1, 0.15) is 11.1 Å². The van der Waals surface area contributed by atoms with Crippen molar-refractivity contribution < 1.29 is 29.3 Å². The van der Waals surface area contributed by atoms with Gasteiger partial charge in [-0.1, -0.05) is 61.2 Å². The third kappa shape index (κ3) is 4.12. The predicted octanol–water partition coefficient (Wildman–Crippen LogP) is 4.68. The van der Waals surface area contributed by atoms with Crippen molar-refractivity contribution in [1.82, 2.24) is 0 Å². The second-order valence-electron chi connectivity index (χ2n) is 6.56. The Labute approximate surface area is 172 Å². The monoisotopic (exact) mass is 402 g/mol. The van der Waals surface area contributed by atoms with Gasteiger partial charge in [-0.15, -0.1) is 0 Å². The zero-order chi connectivity index (χ0) is 21.8. The lowest BCUT2D eigenvalue weighted by Gasteiger charge is -2.14. The molecule has 3 aromatic rings. The number of carbonyl (C=O) groups excluding carboxylic acids is 1. The lowest BCUT2D eigenvalue weighted by molar-refractivity contribution is -0.127. The Balaban J connectivity index is 1.96. The highest BCUT2D eigenvalue weighted by molar-refractivity contribution is 6.17. The quantitative estimate of drug-likeness (QED) is 0.353. The molecule has 2 N–H and O–H groups in total. The van der Waals surface area contributed by atoms with E-state index in [1.165, 1.54) is 19.1 Å². The molecule has 150 valence electrons.